The van der Waals surface area contributed by atoms with Gasteiger partial charge in [-0.1, -0.05) is 25.4 Å². The first-order chi connectivity index (χ1) is 8.95. The van der Waals surface area contributed by atoms with E-state index in [4.69, 9.17) is 11.6 Å². The minimum absolute atomic E-state index is 0.0947. The van der Waals surface area contributed by atoms with E-state index in [2.05, 4.69) is 15.3 Å². The summed E-state index contributed by atoms with van der Waals surface area (Å²) < 4.78 is 26.3. The van der Waals surface area contributed by atoms with E-state index in [1.165, 1.54) is 12.1 Å². The van der Waals surface area contributed by atoms with Crippen molar-refractivity contribution in [3.8, 4) is 0 Å². The molecule has 0 aliphatic carbocycles. The molecule has 2 aromatic rings. The van der Waals surface area contributed by atoms with E-state index in [-0.39, 0.29) is 16.8 Å². The zero-order valence-corrected chi connectivity index (χ0v) is 11.2. The number of halogens is 3. The first-order valence-corrected chi connectivity index (χ1v) is 6.10. The van der Waals surface area contributed by atoms with Crippen LogP contribution < -0.4 is 5.32 Å². The highest BCUT2D eigenvalue weighted by Gasteiger charge is 2.09. The monoisotopic (exact) mass is 283 g/mol. The molecule has 0 aliphatic rings. The van der Waals surface area contributed by atoms with Gasteiger partial charge in [0.05, 0.1) is 5.69 Å². The fourth-order valence-electron chi connectivity index (χ4n) is 1.49. The van der Waals surface area contributed by atoms with E-state index in [0.29, 0.717) is 11.6 Å². The van der Waals surface area contributed by atoms with Gasteiger partial charge in [0.2, 0.25) is 0 Å². The van der Waals surface area contributed by atoms with Gasteiger partial charge in [-0.25, -0.2) is 18.7 Å². The first kappa shape index (κ1) is 13.7. The quantitative estimate of drug-likeness (QED) is 0.855. The van der Waals surface area contributed by atoms with E-state index >= 15 is 0 Å². The topological polar surface area (TPSA) is 37.8 Å². The van der Waals surface area contributed by atoms with Crippen molar-refractivity contribution < 1.29 is 8.78 Å². The molecular weight excluding hydrogens is 272 g/mol. The number of hydrogen-bond acceptors (Lipinski definition) is 3. The summed E-state index contributed by atoms with van der Waals surface area (Å²) in [6.45, 7) is 3.85. The van der Waals surface area contributed by atoms with Gasteiger partial charge in [-0.3, -0.25) is 0 Å². The third kappa shape index (κ3) is 3.38. The van der Waals surface area contributed by atoms with Crippen molar-refractivity contribution in [3.63, 3.8) is 0 Å². The summed E-state index contributed by atoms with van der Waals surface area (Å²) in [6.07, 6.45) is 0. The molecule has 6 heteroatoms. The molecule has 0 spiro atoms. The summed E-state index contributed by atoms with van der Waals surface area (Å²) >= 11 is 5.88. The summed E-state index contributed by atoms with van der Waals surface area (Å²) in [5.41, 5.74) is 0.130. The number of nitrogens with one attached hydrogen (secondary N) is 1. The van der Waals surface area contributed by atoms with E-state index < -0.39 is 11.6 Å². The predicted octanol–water partition coefficient (Wildman–Crippen LogP) is 4.28. The lowest BCUT2D eigenvalue weighted by Gasteiger charge is -2.10. The van der Waals surface area contributed by atoms with Crippen LogP contribution in [-0.2, 0) is 0 Å². The molecule has 19 heavy (non-hydrogen) atoms. The smallest absolute Gasteiger partial charge is 0.149 e. The molecule has 100 valence electrons. The lowest BCUT2D eigenvalue weighted by molar-refractivity contribution is 0.586. The number of hydrogen-bond donors (Lipinski definition) is 1. The van der Waals surface area contributed by atoms with Crippen LogP contribution in [0.4, 0.5) is 20.3 Å². The summed E-state index contributed by atoms with van der Waals surface area (Å²) in [5.74, 6) is -0.309. The molecule has 0 radical (unpaired) electrons. The fraction of sp³-hybridized carbons (Fsp3) is 0.231. The van der Waals surface area contributed by atoms with Crippen molar-refractivity contribution in [3.05, 3.63) is 46.9 Å². The normalized spacial score (nSPS) is 10.8. The van der Waals surface area contributed by atoms with Crippen molar-refractivity contribution in [2.45, 2.75) is 19.8 Å². The van der Waals surface area contributed by atoms with Crippen LogP contribution in [0.3, 0.4) is 0 Å². The van der Waals surface area contributed by atoms with Gasteiger partial charge < -0.3 is 5.32 Å². The zero-order valence-electron chi connectivity index (χ0n) is 10.4. The minimum Gasteiger partial charge on any atom is -0.338 e. The second-order valence-corrected chi connectivity index (χ2v) is 4.73. The van der Waals surface area contributed by atoms with Gasteiger partial charge in [0.15, 0.2) is 0 Å². The molecule has 1 aromatic carbocycles. The maximum atomic E-state index is 13.5. The van der Waals surface area contributed by atoms with Crippen molar-refractivity contribution in [2.24, 2.45) is 0 Å². The van der Waals surface area contributed by atoms with Gasteiger partial charge in [-0.2, -0.15) is 0 Å². The van der Waals surface area contributed by atoms with Gasteiger partial charge in [0.25, 0.3) is 0 Å². The van der Waals surface area contributed by atoms with Crippen molar-refractivity contribution in [1.82, 2.24) is 9.97 Å². The van der Waals surface area contributed by atoms with E-state index in [1.807, 2.05) is 13.8 Å². The Hall–Kier alpha value is -1.75. The Morgan fingerprint density at radius 1 is 1.16 bits per heavy atom. The average Bonchev–Trinajstić information content (AvgIpc) is 2.32. The number of aromatic nitrogens is 2. The largest absolute Gasteiger partial charge is 0.338 e. The van der Waals surface area contributed by atoms with E-state index in [1.54, 1.807) is 0 Å². The molecule has 0 amide bonds. The molecule has 0 saturated carbocycles. The Morgan fingerprint density at radius 2 is 1.89 bits per heavy atom. The molecule has 1 N–H and O–H groups in total. The molecule has 0 fully saturated rings. The number of nitrogens with zero attached hydrogens (tertiary/aromatic N) is 2. The lowest BCUT2D eigenvalue weighted by atomic mass is 10.2. The standard InChI is InChI=1S/C13H12ClF2N3/c1-7(2)13-18-11(14)6-12(19-13)17-10-4-3-8(15)5-9(10)16/h3-7H,1-2H3,(H,17,18,19). The third-order valence-electron chi connectivity index (χ3n) is 2.42. The van der Waals surface area contributed by atoms with E-state index in [0.717, 1.165) is 12.1 Å². The maximum Gasteiger partial charge on any atom is 0.149 e. The van der Waals surface area contributed by atoms with Gasteiger partial charge in [-0.15, -0.1) is 0 Å². The maximum absolute atomic E-state index is 13.5. The molecule has 1 aromatic heterocycles. The van der Waals surface area contributed by atoms with Crippen LogP contribution in [0.2, 0.25) is 5.15 Å². The summed E-state index contributed by atoms with van der Waals surface area (Å²) in [4.78, 5) is 8.30. The van der Waals surface area contributed by atoms with Crippen LogP contribution in [-0.4, -0.2) is 9.97 Å². The van der Waals surface area contributed by atoms with Crippen LogP contribution in [0, 0.1) is 11.6 Å². The van der Waals surface area contributed by atoms with Crippen molar-refractivity contribution in [1.29, 1.82) is 0 Å². The molecular formula is C13H12ClF2N3. The number of benzene rings is 1. The van der Waals surface area contributed by atoms with Gasteiger partial charge in [-0.05, 0) is 12.1 Å². The summed E-state index contributed by atoms with van der Waals surface area (Å²) in [5, 5.41) is 3.03. The Morgan fingerprint density at radius 3 is 2.53 bits per heavy atom. The Bertz CT molecular complexity index is 602. The van der Waals surface area contributed by atoms with Crippen LogP contribution in [0.1, 0.15) is 25.6 Å². The molecule has 0 aliphatic heterocycles. The third-order valence-corrected chi connectivity index (χ3v) is 2.62. The average molecular weight is 284 g/mol. The van der Waals surface area contributed by atoms with Crippen LogP contribution in [0.15, 0.2) is 24.3 Å². The zero-order chi connectivity index (χ0) is 14.0. The Kier molecular flexibility index (Phi) is 3.95. The fourth-order valence-corrected chi connectivity index (χ4v) is 1.68. The molecule has 2 rings (SSSR count). The second kappa shape index (κ2) is 5.48. The highest BCUT2D eigenvalue weighted by molar-refractivity contribution is 6.29. The lowest BCUT2D eigenvalue weighted by Crippen LogP contribution is -2.03. The molecule has 1 heterocycles. The highest BCUT2D eigenvalue weighted by atomic mass is 35.5. The predicted molar refractivity (Wildman–Crippen MR) is 70.8 cm³/mol. The molecule has 0 unspecified atom stereocenters. The van der Waals surface area contributed by atoms with Gasteiger partial charge >= 0.3 is 0 Å². The van der Waals surface area contributed by atoms with Gasteiger partial charge in [0.1, 0.15) is 28.4 Å². The highest BCUT2D eigenvalue weighted by Crippen LogP contribution is 2.22. The number of anilines is 2. The molecule has 0 saturated heterocycles. The van der Waals surface area contributed by atoms with E-state index in [9.17, 15) is 8.78 Å². The SMILES string of the molecule is CC(C)c1nc(Cl)cc(Nc2ccc(F)cc2F)n1. The first-order valence-electron chi connectivity index (χ1n) is 5.72. The summed E-state index contributed by atoms with van der Waals surface area (Å²) in [6, 6.07) is 4.75. The van der Waals surface area contributed by atoms with Crippen molar-refractivity contribution >= 4 is 23.1 Å². The minimum atomic E-state index is -0.694. The summed E-state index contributed by atoms with van der Waals surface area (Å²) in [7, 11) is 0. The van der Waals surface area contributed by atoms with Crippen LogP contribution in [0.25, 0.3) is 0 Å². The second-order valence-electron chi connectivity index (χ2n) is 4.34. The Labute approximate surface area is 114 Å². The van der Waals surface area contributed by atoms with Crippen molar-refractivity contribution in [2.75, 3.05) is 5.32 Å². The Balaban J connectivity index is 2.32. The van der Waals surface area contributed by atoms with Crippen LogP contribution >= 0.6 is 11.6 Å². The van der Waals surface area contributed by atoms with Crippen LogP contribution in [0.5, 0.6) is 0 Å². The number of rotatable bonds is 3. The molecule has 3 nitrogen and oxygen atoms in total. The molecule has 0 atom stereocenters. The van der Waals surface area contributed by atoms with Gasteiger partial charge in [0, 0.05) is 18.1 Å². The molecule has 0 bridgehead atoms.